The summed E-state index contributed by atoms with van der Waals surface area (Å²) in [5.74, 6) is -1.20. The molecule has 0 atom stereocenters. The molecule has 6 heteroatoms. The molecule has 1 rings (SSSR count). The van der Waals surface area contributed by atoms with E-state index in [0.29, 0.717) is 0 Å². The zero-order valence-electron chi connectivity index (χ0n) is 6.81. The number of nitrogens with one attached hydrogen (secondary N) is 1. The predicted molar refractivity (Wildman–Crippen MR) is 43.3 cm³/mol. The lowest BCUT2D eigenvalue weighted by atomic mass is 10.4. The molecular formula is C7H7N3O3. The zero-order chi connectivity index (χ0) is 9.84. The van der Waals surface area contributed by atoms with Gasteiger partial charge in [-0.2, -0.15) is 0 Å². The average Bonchev–Trinajstić information content (AvgIpc) is 2.04. The van der Waals surface area contributed by atoms with Crippen molar-refractivity contribution in [3.63, 3.8) is 0 Å². The summed E-state index contributed by atoms with van der Waals surface area (Å²) in [5, 5.41) is 17.7. The molecular weight excluding hydrogens is 174 g/mol. The minimum atomic E-state index is -1.15. The van der Waals surface area contributed by atoms with Gasteiger partial charge in [-0.25, -0.2) is 4.79 Å². The summed E-state index contributed by atoms with van der Waals surface area (Å²) in [7, 11) is 0. The van der Waals surface area contributed by atoms with Crippen molar-refractivity contribution in [3.05, 3.63) is 17.8 Å². The van der Waals surface area contributed by atoms with Crippen molar-refractivity contribution in [1.82, 2.24) is 10.2 Å². The lowest BCUT2D eigenvalue weighted by Gasteiger charge is -1.98. The number of carboxylic acids is 1. The van der Waals surface area contributed by atoms with E-state index in [1.54, 1.807) is 0 Å². The number of aromatic nitrogens is 2. The maximum Gasteiger partial charge on any atom is 0.356 e. The molecule has 0 unspecified atom stereocenters. The van der Waals surface area contributed by atoms with Crippen LogP contribution in [0.2, 0.25) is 0 Å². The Morgan fingerprint density at radius 3 is 2.46 bits per heavy atom. The van der Waals surface area contributed by atoms with Crippen LogP contribution >= 0.6 is 0 Å². The second-order valence-corrected chi connectivity index (χ2v) is 2.29. The smallest absolute Gasteiger partial charge is 0.356 e. The van der Waals surface area contributed by atoms with Crippen molar-refractivity contribution >= 4 is 17.7 Å². The summed E-state index contributed by atoms with van der Waals surface area (Å²) < 4.78 is 0. The first-order valence-corrected chi connectivity index (χ1v) is 3.44. The van der Waals surface area contributed by atoms with Crippen LogP contribution in [0.25, 0.3) is 0 Å². The van der Waals surface area contributed by atoms with Gasteiger partial charge in [-0.05, 0) is 12.1 Å². The first-order chi connectivity index (χ1) is 6.09. The second kappa shape index (κ2) is 3.61. The number of carbonyl (C=O) groups excluding carboxylic acids is 1. The van der Waals surface area contributed by atoms with Crippen LogP contribution in [0.15, 0.2) is 12.1 Å². The molecule has 0 aliphatic carbocycles. The van der Waals surface area contributed by atoms with Gasteiger partial charge in [0.2, 0.25) is 5.91 Å². The Morgan fingerprint density at radius 2 is 2.08 bits per heavy atom. The van der Waals surface area contributed by atoms with E-state index in [1.807, 2.05) is 0 Å². The number of hydrogen-bond acceptors (Lipinski definition) is 4. The monoisotopic (exact) mass is 181 g/mol. The molecule has 0 saturated carbocycles. The first-order valence-electron chi connectivity index (χ1n) is 3.44. The second-order valence-electron chi connectivity index (χ2n) is 2.29. The number of nitrogens with zero attached hydrogens (tertiary/aromatic N) is 2. The van der Waals surface area contributed by atoms with Gasteiger partial charge in [-0.1, -0.05) is 0 Å². The summed E-state index contributed by atoms with van der Waals surface area (Å²) in [6.07, 6.45) is 0. The first kappa shape index (κ1) is 9.11. The van der Waals surface area contributed by atoms with Gasteiger partial charge in [-0.15, -0.1) is 10.2 Å². The number of anilines is 1. The Morgan fingerprint density at radius 1 is 1.38 bits per heavy atom. The van der Waals surface area contributed by atoms with Crippen molar-refractivity contribution < 1.29 is 14.7 Å². The fraction of sp³-hybridized carbons (Fsp3) is 0.143. The molecule has 13 heavy (non-hydrogen) atoms. The lowest BCUT2D eigenvalue weighted by Crippen LogP contribution is -2.09. The van der Waals surface area contributed by atoms with Crippen LogP contribution in [-0.2, 0) is 4.79 Å². The lowest BCUT2D eigenvalue weighted by molar-refractivity contribution is -0.114. The van der Waals surface area contributed by atoms with Crippen molar-refractivity contribution in [1.29, 1.82) is 0 Å². The van der Waals surface area contributed by atoms with Crippen LogP contribution in [-0.4, -0.2) is 27.2 Å². The molecule has 2 N–H and O–H groups in total. The number of carbonyl (C=O) groups is 2. The van der Waals surface area contributed by atoms with Crippen molar-refractivity contribution in [3.8, 4) is 0 Å². The highest BCUT2D eigenvalue weighted by atomic mass is 16.4. The van der Waals surface area contributed by atoms with Crippen molar-refractivity contribution in [2.24, 2.45) is 0 Å². The molecule has 0 spiro atoms. The topological polar surface area (TPSA) is 92.2 Å². The quantitative estimate of drug-likeness (QED) is 0.676. The number of rotatable bonds is 2. The molecule has 0 saturated heterocycles. The summed E-state index contributed by atoms with van der Waals surface area (Å²) in [6, 6.07) is 2.64. The molecule has 6 nitrogen and oxygen atoms in total. The van der Waals surface area contributed by atoms with Gasteiger partial charge in [-0.3, -0.25) is 4.79 Å². The van der Waals surface area contributed by atoms with E-state index in [0.717, 1.165) is 0 Å². The molecule has 1 heterocycles. The van der Waals surface area contributed by atoms with E-state index in [9.17, 15) is 9.59 Å². The van der Waals surface area contributed by atoms with E-state index >= 15 is 0 Å². The summed E-state index contributed by atoms with van der Waals surface area (Å²) in [5.41, 5.74) is -0.158. The van der Waals surface area contributed by atoms with Gasteiger partial charge < -0.3 is 10.4 Å². The molecule has 1 aromatic rings. The average molecular weight is 181 g/mol. The minimum absolute atomic E-state index is 0.158. The Labute approximate surface area is 73.6 Å². The third kappa shape index (κ3) is 2.51. The molecule has 0 aliphatic rings. The fourth-order valence-corrected chi connectivity index (χ4v) is 0.693. The third-order valence-corrected chi connectivity index (χ3v) is 1.19. The van der Waals surface area contributed by atoms with Crippen LogP contribution in [0.1, 0.15) is 17.4 Å². The number of hydrogen-bond donors (Lipinski definition) is 2. The largest absolute Gasteiger partial charge is 0.476 e. The highest BCUT2D eigenvalue weighted by Crippen LogP contribution is 2.01. The van der Waals surface area contributed by atoms with E-state index in [1.165, 1.54) is 19.1 Å². The zero-order valence-corrected chi connectivity index (χ0v) is 6.81. The number of carboxylic acid groups (broad SMARTS) is 1. The van der Waals surface area contributed by atoms with Gasteiger partial charge >= 0.3 is 5.97 Å². The molecule has 0 fully saturated rings. The Hall–Kier alpha value is -1.98. The van der Waals surface area contributed by atoms with Crippen molar-refractivity contribution in [2.45, 2.75) is 6.92 Å². The molecule has 68 valence electrons. The van der Waals surface area contributed by atoms with Gasteiger partial charge in [0.05, 0.1) is 0 Å². The number of aromatic carboxylic acids is 1. The molecule has 0 aromatic carbocycles. The standard InChI is InChI=1S/C7H7N3O3/c1-4(11)8-6-3-2-5(7(12)13)9-10-6/h2-3H,1H3,(H,12,13)(H,8,10,11). The van der Waals surface area contributed by atoms with E-state index in [4.69, 9.17) is 5.11 Å². The minimum Gasteiger partial charge on any atom is -0.476 e. The SMILES string of the molecule is CC(=O)Nc1ccc(C(=O)O)nn1. The van der Waals surface area contributed by atoms with E-state index in [-0.39, 0.29) is 17.4 Å². The van der Waals surface area contributed by atoms with E-state index < -0.39 is 5.97 Å². The molecule has 1 amide bonds. The van der Waals surface area contributed by atoms with Crippen LogP contribution in [0.3, 0.4) is 0 Å². The van der Waals surface area contributed by atoms with Gasteiger partial charge in [0.15, 0.2) is 11.5 Å². The normalized spacial score (nSPS) is 9.31. The van der Waals surface area contributed by atoms with E-state index in [2.05, 4.69) is 15.5 Å². The van der Waals surface area contributed by atoms with Crippen LogP contribution < -0.4 is 5.32 Å². The van der Waals surface area contributed by atoms with Crippen LogP contribution in [0.4, 0.5) is 5.82 Å². The highest BCUT2D eigenvalue weighted by molar-refractivity contribution is 5.88. The maximum atomic E-state index is 10.5. The fourth-order valence-electron chi connectivity index (χ4n) is 0.693. The van der Waals surface area contributed by atoms with Gasteiger partial charge in [0.1, 0.15) is 0 Å². The molecule has 0 radical (unpaired) electrons. The Balaban J connectivity index is 2.81. The van der Waals surface area contributed by atoms with Gasteiger partial charge in [0, 0.05) is 6.92 Å². The molecule has 0 bridgehead atoms. The predicted octanol–water partition coefficient (Wildman–Crippen LogP) is 0.133. The van der Waals surface area contributed by atoms with Gasteiger partial charge in [0.25, 0.3) is 0 Å². The van der Waals surface area contributed by atoms with Crippen LogP contribution in [0.5, 0.6) is 0 Å². The Kier molecular flexibility index (Phi) is 2.53. The molecule has 1 aromatic heterocycles. The summed E-state index contributed by atoms with van der Waals surface area (Å²) in [4.78, 5) is 20.9. The molecule has 0 aliphatic heterocycles. The third-order valence-electron chi connectivity index (χ3n) is 1.19. The Bertz CT molecular complexity index is 333. The summed E-state index contributed by atoms with van der Waals surface area (Å²) >= 11 is 0. The number of amides is 1. The summed E-state index contributed by atoms with van der Waals surface area (Å²) in [6.45, 7) is 1.33. The highest BCUT2D eigenvalue weighted by Gasteiger charge is 2.04. The van der Waals surface area contributed by atoms with Crippen LogP contribution in [0, 0.1) is 0 Å². The van der Waals surface area contributed by atoms with Crippen molar-refractivity contribution in [2.75, 3.05) is 5.32 Å². The maximum absolute atomic E-state index is 10.5.